The molecule has 124 valence electrons. The molecule has 1 saturated heterocycles. The zero-order chi connectivity index (χ0) is 16.4. The quantitative estimate of drug-likeness (QED) is 0.817. The van der Waals surface area contributed by atoms with E-state index in [2.05, 4.69) is 5.32 Å². The molecule has 3 rings (SSSR count). The van der Waals surface area contributed by atoms with Gasteiger partial charge in [-0.25, -0.2) is 4.79 Å². The Morgan fingerprint density at radius 1 is 1.30 bits per heavy atom. The van der Waals surface area contributed by atoms with Crippen molar-refractivity contribution in [1.29, 1.82) is 0 Å². The molecule has 0 aromatic carbocycles. The van der Waals surface area contributed by atoms with Crippen LogP contribution in [0.15, 0.2) is 12.1 Å². The minimum Gasteiger partial charge on any atom is -0.454 e. The van der Waals surface area contributed by atoms with Crippen molar-refractivity contribution in [3.8, 4) is 0 Å². The van der Waals surface area contributed by atoms with Crippen molar-refractivity contribution in [2.45, 2.75) is 37.8 Å². The van der Waals surface area contributed by atoms with Gasteiger partial charge in [0.25, 0.3) is 11.8 Å². The van der Waals surface area contributed by atoms with Crippen LogP contribution in [0, 0.1) is 0 Å². The molecule has 8 heteroatoms. The molecule has 2 heterocycles. The summed E-state index contributed by atoms with van der Waals surface area (Å²) in [7, 11) is 0. The van der Waals surface area contributed by atoms with Gasteiger partial charge in [-0.05, 0) is 37.8 Å². The Balaban J connectivity index is 1.55. The van der Waals surface area contributed by atoms with Crippen LogP contribution in [-0.4, -0.2) is 47.9 Å². The maximum absolute atomic E-state index is 12.5. The lowest BCUT2D eigenvalue weighted by Crippen LogP contribution is -2.42. The average Bonchev–Trinajstić information content (AvgIpc) is 3.03. The number of ether oxygens (including phenoxy) is 1. The first kappa shape index (κ1) is 16.3. The maximum atomic E-state index is 12.5. The first-order valence-corrected chi connectivity index (χ1v) is 8.76. The Bertz CT molecular complexity index is 629. The van der Waals surface area contributed by atoms with Crippen molar-refractivity contribution in [2.24, 2.45) is 0 Å². The molecule has 0 spiro atoms. The maximum Gasteiger partial charge on any atom is 0.329 e. The van der Waals surface area contributed by atoms with Gasteiger partial charge in [0.05, 0.1) is 9.21 Å². The van der Waals surface area contributed by atoms with E-state index >= 15 is 0 Å². The third-order valence-electron chi connectivity index (χ3n) is 3.86. The SMILES string of the molecule is O=C(COC(=O)[C@@H]1CCCN1C(=O)c1ccc(Cl)s1)NC1CC1. The topological polar surface area (TPSA) is 75.7 Å². The number of halogens is 1. The summed E-state index contributed by atoms with van der Waals surface area (Å²) in [5, 5.41) is 2.75. The summed E-state index contributed by atoms with van der Waals surface area (Å²) in [5.74, 6) is -1.03. The molecule has 2 amide bonds. The number of hydrogen-bond donors (Lipinski definition) is 1. The lowest BCUT2D eigenvalue weighted by molar-refractivity contribution is -0.152. The predicted molar refractivity (Wildman–Crippen MR) is 85.5 cm³/mol. The summed E-state index contributed by atoms with van der Waals surface area (Å²) < 4.78 is 5.60. The lowest BCUT2D eigenvalue weighted by Gasteiger charge is -2.22. The molecule has 23 heavy (non-hydrogen) atoms. The molecule has 1 atom stereocenters. The van der Waals surface area contributed by atoms with Gasteiger partial charge in [-0.3, -0.25) is 9.59 Å². The lowest BCUT2D eigenvalue weighted by atomic mass is 10.2. The van der Waals surface area contributed by atoms with Gasteiger partial charge in [0.1, 0.15) is 6.04 Å². The van der Waals surface area contributed by atoms with Crippen LogP contribution in [-0.2, 0) is 14.3 Å². The highest BCUT2D eigenvalue weighted by Crippen LogP contribution is 2.27. The van der Waals surface area contributed by atoms with Crippen LogP contribution in [0.5, 0.6) is 0 Å². The Kier molecular flexibility index (Phi) is 4.87. The molecule has 0 bridgehead atoms. The van der Waals surface area contributed by atoms with Crippen LogP contribution in [0.25, 0.3) is 0 Å². The average molecular weight is 357 g/mol. The molecule has 0 radical (unpaired) electrons. The van der Waals surface area contributed by atoms with E-state index in [1.54, 1.807) is 12.1 Å². The van der Waals surface area contributed by atoms with E-state index in [-0.39, 0.29) is 24.5 Å². The normalized spacial score (nSPS) is 20.4. The molecular formula is C15H17ClN2O4S. The summed E-state index contributed by atoms with van der Waals surface area (Å²) in [6.07, 6.45) is 3.24. The van der Waals surface area contributed by atoms with Crippen molar-refractivity contribution in [3.63, 3.8) is 0 Å². The molecule has 1 aromatic rings. The highest BCUT2D eigenvalue weighted by molar-refractivity contribution is 7.17. The number of esters is 1. The van der Waals surface area contributed by atoms with Crippen LogP contribution in [0.3, 0.4) is 0 Å². The summed E-state index contributed by atoms with van der Waals surface area (Å²) >= 11 is 7.04. The van der Waals surface area contributed by atoms with Crippen LogP contribution in [0.4, 0.5) is 0 Å². The van der Waals surface area contributed by atoms with Crippen molar-refractivity contribution in [2.75, 3.05) is 13.2 Å². The van der Waals surface area contributed by atoms with E-state index < -0.39 is 12.0 Å². The van der Waals surface area contributed by atoms with Gasteiger partial charge in [-0.1, -0.05) is 11.6 Å². The number of carbonyl (C=O) groups excluding carboxylic acids is 3. The fourth-order valence-electron chi connectivity index (χ4n) is 2.56. The standard InChI is InChI=1S/C15H17ClN2O4S/c16-12-6-5-11(23-12)14(20)18-7-1-2-10(18)15(21)22-8-13(19)17-9-3-4-9/h5-6,9-10H,1-4,7-8H2,(H,17,19)/t10-/m0/s1. The Labute approximate surface area is 142 Å². The van der Waals surface area contributed by atoms with E-state index in [0.717, 1.165) is 19.3 Å². The fraction of sp³-hybridized carbons (Fsp3) is 0.533. The summed E-state index contributed by atoms with van der Waals surface area (Å²) in [6.45, 7) is 0.209. The monoisotopic (exact) mass is 356 g/mol. The second kappa shape index (κ2) is 6.88. The Morgan fingerprint density at radius 2 is 2.09 bits per heavy atom. The van der Waals surface area contributed by atoms with Gasteiger partial charge < -0.3 is 15.0 Å². The summed E-state index contributed by atoms with van der Waals surface area (Å²) in [6, 6.07) is 2.91. The van der Waals surface area contributed by atoms with E-state index in [1.165, 1.54) is 16.2 Å². The second-order valence-corrected chi connectivity index (χ2v) is 7.42. The van der Waals surface area contributed by atoms with Gasteiger partial charge in [0.15, 0.2) is 6.61 Å². The molecule has 1 aromatic heterocycles. The largest absolute Gasteiger partial charge is 0.454 e. The van der Waals surface area contributed by atoms with Gasteiger partial charge >= 0.3 is 5.97 Å². The number of nitrogens with one attached hydrogen (secondary N) is 1. The molecular weight excluding hydrogens is 340 g/mol. The van der Waals surface area contributed by atoms with E-state index in [1.807, 2.05) is 0 Å². The third kappa shape index (κ3) is 4.03. The van der Waals surface area contributed by atoms with Crippen LogP contribution >= 0.6 is 22.9 Å². The van der Waals surface area contributed by atoms with Crippen LogP contribution in [0.1, 0.15) is 35.4 Å². The van der Waals surface area contributed by atoms with E-state index in [0.29, 0.717) is 22.2 Å². The second-order valence-electron chi connectivity index (χ2n) is 5.71. The first-order valence-electron chi connectivity index (χ1n) is 7.57. The van der Waals surface area contributed by atoms with Crippen molar-refractivity contribution >= 4 is 40.7 Å². The summed E-state index contributed by atoms with van der Waals surface area (Å²) in [5.41, 5.74) is 0. The molecule has 1 aliphatic carbocycles. The number of rotatable bonds is 5. The van der Waals surface area contributed by atoms with E-state index in [4.69, 9.17) is 16.3 Å². The minimum atomic E-state index is -0.628. The van der Waals surface area contributed by atoms with Gasteiger partial charge in [0.2, 0.25) is 0 Å². The number of amides is 2. The Hall–Kier alpha value is -1.60. The van der Waals surface area contributed by atoms with Crippen molar-refractivity contribution in [1.82, 2.24) is 10.2 Å². The molecule has 2 fully saturated rings. The number of thiophene rings is 1. The highest BCUT2D eigenvalue weighted by Gasteiger charge is 2.36. The number of nitrogens with zero attached hydrogens (tertiary/aromatic N) is 1. The number of carbonyl (C=O) groups is 3. The van der Waals surface area contributed by atoms with Crippen LogP contribution < -0.4 is 5.32 Å². The smallest absolute Gasteiger partial charge is 0.329 e. The number of hydrogen-bond acceptors (Lipinski definition) is 5. The van der Waals surface area contributed by atoms with Crippen molar-refractivity contribution < 1.29 is 19.1 Å². The molecule has 1 saturated carbocycles. The minimum absolute atomic E-state index is 0.219. The molecule has 6 nitrogen and oxygen atoms in total. The van der Waals surface area contributed by atoms with Crippen molar-refractivity contribution in [3.05, 3.63) is 21.3 Å². The van der Waals surface area contributed by atoms with E-state index in [9.17, 15) is 14.4 Å². The predicted octanol–water partition coefficient (Wildman–Crippen LogP) is 1.83. The zero-order valence-electron chi connectivity index (χ0n) is 12.4. The van der Waals surface area contributed by atoms with Gasteiger partial charge in [-0.2, -0.15) is 0 Å². The molecule has 1 aliphatic heterocycles. The zero-order valence-corrected chi connectivity index (χ0v) is 14.0. The number of likely N-dealkylation sites (tertiary alicyclic amines) is 1. The molecule has 2 aliphatic rings. The third-order valence-corrected chi connectivity index (χ3v) is 5.08. The highest BCUT2D eigenvalue weighted by atomic mass is 35.5. The summed E-state index contributed by atoms with van der Waals surface area (Å²) in [4.78, 5) is 38.2. The van der Waals surface area contributed by atoms with Gasteiger partial charge in [0, 0.05) is 12.6 Å². The molecule has 0 unspecified atom stereocenters. The first-order chi connectivity index (χ1) is 11.0. The Morgan fingerprint density at radius 3 is 2.74 bits per heavy atom. The van der Waals surface area contributed by atoms with Gasteiger partial charge in [-0.15, -0.1) is 11.3 Å². The van der Waals surface area contributed by atoms with Crippen LogP contribution in [0.2, 0.25) is 4.34 Å². The molecule has 1 N–H and O–H groups in total. The fourth-order valence-corrected chi connectivity index (χ4v) is 3.55.